The number of phenolic OH excluding ortho intramolecular Hbond substituents is 1. The minimum atomic E-state index is 0.332. The molecule has 1 N–H and O–H groups in total. The summed E-state index contributed by atoms with van der Waals surface area (Å²) in [6.45, 7) is 21.1. The molecule has 164 valence electrons. The molecule has 3 aromatic carbocycles. The van der Waals surface area contributed by atoms with Crippen LogP contribution in [0.4, 0.5) is 5.69 Å². The zero-order valence-electron chi connectivity index (χ0n) is 19.0. The third-order valence-corrected chi connectivity index (χ3v) is 8.30. The van der Waals surface area contributed by atoms with Crippen molar-refractivity contribution in [3.05, 3.63) is 100 Å². The van der Waals surface area contributed by atoms with Crippen molar-refractivity contribution in [3.8, 4) is 5.75 Å². The number of phenols is 1. The van der Waals surface area contributed by atoms with Crippen molar-refractivity contribution in [3.63, 3.8) is 0 Å². The number of hydrogen-bond acceptors (Lipinski definition) is 1. The van der Waals surface area contributed by atoms with Crippen LogP contribution in [0.3, 0.4) is 0 Å². The highest BCUT2D eigenvalue weighted by Crippen LogP contribution is 2.26. The fourth-order valence-corrected chi connectivity index (χ4v) is 3.76. The summed E-state index contributed by atoms with van der Waals surface area (Å²) in [5, 5.41) is 9.10. The van der Waals surface area contributed by atoms with Crippen LogP contribution in [0, 0.1) is 55.0 Å². The third kappa shape index (κ3) is 8.44. The van der Waals surface area contributed by atoms with Gasteiger partial charge in [0.2, 0.25) is 0 Å². The molecule has 0 aliphatic rings. The Morgan fingerprint density at radius 2 is 0.871 bits per heavy atom. The monoisotopic (exact) mass is 607 g/mol. The number of halogens is 3. The third-order valence-electron chi connectivity index (χ3n) is 4.55. The molecule has 0 fully saturated rings. The average Bonchev–Trinajstić information content (AvgIpc) is 2.68. The van der Waals surface area contributed by atoms with E-state index in [2.05, 4.69) is 85.5 Å². The number of hydrogen-bond donors (Lipinski definition) is 1. The summed E-state index contributed by atoms with van der Waals surface area (Å²) < 4.78 is 3.41. The molecular weight excluding hydrogens is 582 g/mol. The number of aryl methyl sites for hydroxylation is 7. The van der Waals surface area contributed by atoms with Crippen molar-refractivity contribution >= 4 is 53.5 Å². The second-order valence-corrected chi connectivity index (χ2v) is 9.99. The highest BCUT2D eigenvalue weighted by molar-refractivity contribution is 9.11. The molecule has 0 bridgehead atoms. The first-order chi connectivity index (χ1) is 14.4. The van der Waals surface area contributed by atoms with E-state index in [0.29, 0.717) is 11.4 Å². The van der Waals surface area contributed by atoms with Gasteiger partial charge in [0.15, 0.2) is 5.69 Å². The van der Waals surface area contributed by atoms with Crippen LogP contribution in [0.15, 0.2) is 49.8 Å². The highest BCUT2D eigenvalue weighted by Gasteiger charge is 2.01. The summed E-state index contributed by atoms with van der Waals surface area (Å²) in [4.78, 5) is 3.36. The molecular formula is C26H28Br3NO. The quantitative estimate of drug-likeness (QED) is 0.252. The largest absolute Gasteiger partial charge is 0.508 e. The first-order valence-electron chi connectivity index (χ1n) is 9.70. The van der Waals surface area contributed by atoms with E-state index in [4.69, 9.17) is 11.7 Å². The Balaban J connectivity index is 0.000000233. The molecule has 5 heteroatoms. The molecule has 2 nitrogen and oxygen atoms in total. The van der Waals surface area contributed by atoms with E-state index in [0.717, 1.165) is 31.2 Å². The lowest BCUT2D eigenvalue weighted by Gasteiger charge is -2.03. The van der Waals surface area contributed by atoms with Crippen LogP contribution in [0.1, 0.15) is 38.9 Å². The van der Waals surface area contributed by atoms with Crippen molar-refractivity contribution in [2.24, 2.45) is 0 Å². The molecule has 0 atom stereocenters. The summed E-state index contributed by atoms with van der Waals surface area (Å²) in [7, 11) is 0. The predicted molar refractivity (Wildman–Crippen MR) is 144 cm³/mol. The highest BCUT2D eigenvalue weighted by atomic mass is 79.9. The first-order valence-corrected chi connectivity index (χ1v) is 12.1. The molecule has 0 aromatic heterocycles. The Labute approximate surface area is 211 Å². The van der Waals surface area contributed by atoms with E-state index >= 15 is 0 Å². The predicted octanol–water partition coefficient (Wildman–Crippen LogP) is 9.76. The van der Waals surface area contributed by atoms with Crippen molar-refractivity contribution in [1.82, 2.24) is 0 Å². The molecule has 0 heterocycles. The van der Waals surface area contributed by atoms with Gasteiger partial charge in [-0.3, -0.25) is 0 Å². The van der Waals surface area contributed by atoms with Gasteiger partial charge in [-0.1, -0.05) is 77.6 Å². The van der Waals surface area contributed by atoms with Crippen LogP contribution >= 0.6 is 47.8 Å². The summed E-state index contributed by atoms with van der Waals surface area (Å²) >= 11 is 10.4. The minimum absolute atomic E-state index is 0.332. The van der Waals surface area contributed by atoms with Gasteiger partial charge in [-0.25, -0.2) is 4.85 Å². The van der Waals surface area contributed by atoms with Crippen molar-refractivity contribution in [2.75, 3.05) is 0 Å². The maximum Gasteiger partial charge on any atom is 0.187 e. The molecule has 31 heavy (non-hydrogen) atoms. The van der Waals surface area contributed by atoms with Crippen LogP contribution in [-0.4, -0.2) is 5.11 Å². The van der Waals surface area contributed by atoms with Crippen LogP contribution in [-0.2, 0) is 0 Å². The Bertz CT molecular complexity index is 990. The van der Waals surface area contributed by atoms with E-state index < -0.39 is 0 Å². The summed E-state index contributed by atoms with van der Waals surface area (Å²) in [6.07, 6.45) is 0. The first kappa shape index (κ1) is 27.4. The van der Waals surface area contributed by atoms with E-state index in [1.54, 1.807) is 12.1 Å². The molecule has 0 unspecified atom stereocenters. The summed E-state index contributed by atoms with van der Waals surface area (Å²) in [6, 6.07) is 11.6. The molecule has 0 aliphatic carbocycles. The van der Waals surface area contributed by atoms with Gasteiger partial charge in [0.25, 0.3) is 0 Å². The number of nitrogens with zero attached hydrogens (tertiary/aromatic N) is 1. The second-order valence-electron chi connectivity index (χ2n) is 7.61. The maximum atomic E-state index is 9.10. The van der Waals surface area contributed by atoms with Crippen LogP contribution < -0.4 is 0 Å². The fourth-order valence-electron chi connectivity index (χ4n) is 3.07. The lowest BCUT2D eigenvalue weighted by molar-refractivity contribution is 0.474. The van der Waals surface area contributed by atoms with Crippen LogP contribution in [0.5, 0.6) is 5.75 Å². The molecule has 0 spiro atoms. The van der Waals surface area contributed by atoms with Gasteiger partial charge in [0.05, 0.1) is 6.57 Å². The Morgan fingerprint density at radius 1 is 0.581 bits per heavy atom. The maximum absolute atomic E-state index is 9.10. The summed E-state index contributed by atoms with van der Waals surface area (Å²) in [5.41, 5.74) is 9.05. The second kappa shape index (κ2) is 12.4. The van der Waals surface area contributed by atoms with Gasteiger partial charge in [-0.15, -0.1) is 0 Å². The topological polar surface area (TPSA) is 24.6 Å². The van der Waals surface area contributed by atoms with E-state index in [1.807, 2.05) is 39.8 Å². The van der Waals surface area contributed by atoms with Crippen molar-refractivity contribution < 1.29 is 5.11 Å². The molecule has 0 saturated carbocycles. The van der Waals surface area contributed by atoms with Gasteiger partial charge in [0.1, 0.15) is 5.75 Å². The zero-order chi connectivity index (χ0) is 23.9. The van der Waals surface area contributed by atoms with Crippen molar-refractivity contribution in [1.29, 1.82) is 0 Å². The lowest BCUT2D eigenvalue weighted by Crippen LogP contribution is -1.82. The Kier molecular flexibility index (Phi) is 11.0. The van der Waals surface area contributed by atoms with Crippen molar-refractivity contribution in [2.45, 2.75) is 48.5 Å². The SMILES string of the molecule is Cc1cc(C)c(Br)c(C)c1.Cc1cc(O)cc(C)c1Br.[C-]#[N+]c1cc(C)c(Br)c(C)c1. The van der Waals surface area contributed by atoms with Crippen LogP contribution in [0.25, 0.3) is 4.85 Å². The molecule has 3 aromatic rings. The van der Waals surface area contributed by atoms with E-state index in [-0.39, 0.29) is 0 Å². The normalized spacial score (nSPS) is 9.71. The number of aromatic hydroxyl groups is 1. The van der Waals surface area contributed by atoms with E-state index in [9.17, 15) is 0 Å². The van der Waals surface area contributed by atoms with Crippen LogP contribution in [0.2, 0.25) is 0 Å². The van der Waals surface area contributed by atoms with E-state index in [1.165, 1.54) is 21.2 Å². The molecule has 0 aliphatic heterocycles. The smallest absolute Gasteiger partial charge is 0.187 e. The van der Waals surface area contributed by atoms with Gasteiger partial charge in [-0.05, 0) is 94.0 Å². The summed E-state index contributed by atoms with van der Waals surface area (Å²) in [5.74, 6) is 0.332. The average molecular weight is 610 g/mol. The molecule has 0 saturated heterocycles. The van der Waals surface area contributed by atoms with Gasteiger partial charge in [-0.2, -0.15) is 0 Å². The molecule has 3 rings (SSSR count). The number of benzene rings is 3. The molecule has 0 amide bonds. The van der Waals surface area contributed by atoms with Gasteiger partial charge < -0.3 is 5.11 Å². The minimum Gasteiger partial charge on any atom is -0.508 e. The zero-order valence-corrected chi connectivity index (χ0v) is 23.8. The number of rotatable bonds is 0. The Hall–Kier alpha value is -1.61. The Morgan fingerprint density at radius 3 is 1.19 bits per heavy atom. The standard InChI is InChI=1S/C9H8BrN.C9H11Br.C8H9BrO/c1-6-4-8(11-3)5-7(2)9(6)10;1-6-4-7(2)9(10)8(3)5-6;1-5-3-7(10)4-6(2)8(5)9/h4-5H,1-2H3;4-5H,1-3H3;3-4,10H,1-2H3. The fraction of sp³-hybridized carbons (Fsp3) is 0.269. The lowest BCUT2D eigenvalue weighted by atomic mass is 10.1. The van der Waals surface area contributed by atoms with Gasteiger partial charge >= 0.3 is 0 Å². The molecule has 0 radical (unpaired) electrons. The van der Waals surface area contributed by atoms with Gasteiger partial charge in [0, 0.05) is 13.4 Å².